The number of carbonyl (C=O) groups excluding carboxylic acids is 1. The third-order valence-corrected chi connectivity index (χ3v) is 9.78. The monoisotopic (exact) mass is 650 g/mol. The van der Waals surface area contributed by atoms with Gasteiger partial charge in [0.2, 0.25) is 10.0 Å². The van der Waals surface area contributed by atoms with Crippen LogP contribution in [0.4, 0.5) is 17.1 Å². The van der Waals surface area contributed by atoms with Crippen molar-refractivity contribution in [3.8, 4) is 0 Å². The summed E-state index contributed by atoms with van der Waals surface area (Å²) in [4.78, 5) is 25.7. The minimum atomic E-state index is -4.33. The average molecular weight is 651 g/mol. The van der Waals surface area contributed by atoms with Gasteiger partial charge in [-0.05, 0) is 61.7 Å². The van der Waals surface area contributed by atoms with E-state index in [1.54, 1.807) is 36.4 Å². The van der Waals surface area contributed by atoms with Crippen molar-refractivity contribution < 1.29 is 30.7 Å². The van der Waals surface area contributed by atoms with Crippen molar-refractivity contribution >= 4 is 54.7 Å². The molecule has 1 heterocycles. The van der Waals surface area contributed by atoms with Crippen LogP contribution in [0.25, 0.3) is 0 Å². The minimum absolute atomic E-state index is 0.240. The summed E-state index contributed by atoms with van der Waals surface area (Å²) in [5.74, 6) is -0.497. The lowest BCUT2D eigenvalue weighted by molar-refractivity contribution is -0.384. The Kier molecular flexibility index (Phi) is 10.1. The van der Waals surface area contributed by atoms with Crippen LogP contribution in [0.5, 0.6) is 0 Å². The zero-order chi connectivity index (χ0) is 31.4. The number of nitro benzene ring substituents is 1. The van der Waals surface area contributed by atoms with Crippen LogP contribution < -0.4 is 10.2 Å². The standard InChI is InChI=1S/C28H31ClN4O8S2/c1-20(19-41-42(2,37)38)32(43(39,40)24-12-9-22(10-13-24)33(35)36)18-21-7-3-4-8-27(21)30-28(34)25-14-11-23(17-26(25)29)31-15-5-6-16-31/h3-4,7-14,17,20H,5-6,15-16,18-19H2,1-2H3,(H,30,34). The van der Waals surface area contributed by atoms with Crippen molar-refractivity contribution in [1.29, 1.82) is 0 Å². The van der Waals surface area contributed by atoms with Gasteiger partial charge in [-0.2, -0.15) is 12.7 Å². The van der Waals surface area contributed by atoms with Crippen LogP contribution in [0.15, 0.2) is 71.6 Å². The Labute approximate surface area is 255 Å². The summed E-state index contributed by atoms with van der Waals surface area (Å²) in [7, 11) is -8.22. The SMILES string of the molecule is CC(COS(C)(=O)=O)N(Cc1ccccc1NC(=O)c1ccc(N2CCCC2)cc1Cl)S(=O)(=O)c1ccc([N+](=O)[O-])cc1. The maximum Gasteiger partial charge on any atom is 0.269 e. The molecule has 230 valence electrons. The second kappa shape index (κ2) is 13.4. The molecule has 1 aliphatic rings. The number of hydrogen-bond acceptors (Lipinski definition) is 9. The molecule has 3 aromatic rings. The average Bonchev–Trinajstić information content (AvgIpc) is 3.50. The van der Waals surface area contributed by atoms with Crippen molar-refractivity contribution in [3.05, 3.63) is 93.0 Å². The van der Waals surface area contributed by atoms with Crippen LogP contribution in [0.2, 0.25) is 5.02 Å². The lowest BCUT2D eigenvalue weighted by Crippen LogP contribution is -2.41. The van der Waals surface area contributed by atoms with Crippen molar-refractivity contribution in [2.24, 2.45) is 0 Å². The zero-order valence-corrected chi connectivity index (χ0v) is 25.9. The lowest BCUT2D eigenvalue weighted by Gasteiger charge is -2.29. The van der Waals surface area contributed by atoms with Gasteiger partial charge >= 0.3 is 0 Å². The van der Waals surface area contributed by atoms with Crippen molar-refractivity contribution in [1.82, 2.24) is 4.31 Å². The van der Waals surface area contributed by atoms with Gasteiger partial charge in [0.15, 0.2) is 0 Å². The zero-order valence-electron chi connectivity index (χ0n) is 23.5. The summed E-state index contributed by atoms with van der Waals surface area (Å²) >= 11 is 6.48. The van der Waals surface area contributed by atoms with Crippen LogP contribution >= 0.6 is 11.6 Å². The maximum absolute atomic E-state index is 13.8. The molecule has 0 radical (unpaired) electrons. The summed E-state index contributed by atoms with van der Waals surface area (Å²) in [6, 6.07) is 15.1. The molecule has 0 spiro atoms. The number of non-ortho nitro benzene ring substituents is 1. The number of hydrogen-bond donors (Lipinski definition) is 1. The quantitative estimate of drug-likeness (QED) is 0.167. The number of sulfonamides is 1. The highest BCUT2D eigenvalue weighted by atomic mass is 35.5. The van der Waals surface area contributed by atoms with E-state index in [1.807, 2.05) is 6.07 Å². The summed E-state index contributed by atoms with van der Waals surface area (Å²) in [5.41, 5.74) is 1.59. The van der Waals surface area contributed by atoms with Gasteiger partial charge in [0.1, 0.15) is 0 Å². The highest BCUT2D eigenvalue weighted by Crippen LogP contribution is 2.29. The second-order valence-corrected chi connectivity index (χ2v) is 14.1. The van der Waals surface area contributed by atoms with E-state index >= 15 is 0 Å². The molecule has 1 aliphatic heterocycles. The first-order chi connectivity index (χ1) is 20.3. The Bertz CT molecular complexity index is 1710. The van der Waals surface area contributed by atoms with Crippen molar-refractivity contribution in [2.45, 2.75) is 37.2 Å². The van der Waals surface area contributed by atoms with Gasteiger partial charge in [-0.3, -0.25) is 19.1 Å². The molecular weight excluding hydrogens is 620 g/mol. The molecule has 0 saturated carbocycles. The number of para-hydroxylation sites is 1. The number of benzene rings is 3. The largest absolute Gasteiger partial charge is 0.371 e. The molecule has 15 heteroatoms. The smallest absolute Gasteiger partial charge is 0.269 e. The molecule has 1 saturated heterocycles. The topological polar surface area (TPSA) is 156 Å². The summed E-state index contributed by atoms with van der Waals surface area (Å²) < 4.78 is 56.8. The molecule has 1 amide bonds. The minimum Gasteiger partial charge on any atom is -0.371 e. The molecule has 0 aliphatic carbocycles. The first-order valence-electron chi connectivity index (χ1n) is 13.3. The molecule has 1 N–H and O–H groups in total. The highest BCUT2D eigenvalue weighted by molar-refractivity contribution is 7.89. The van der Waals surface area contributed by atoms with Gasteiger partial charge in [0.05, 0.1) is 33.3 Å². The number of nitro groups is 1. The molecule has 0 bridgehead atoms. The van der Waals surface area contributed by atoms with E-state index in [9.17, 15) is 31.7 Å². The Hall–Kier alpha value is -3.56. The van der Waals surface area contributed by atoms with Crippen LogP contribution in [0.3, 0.4) is 0 Å². The van der Waals surface area contributed by atoms with Gasteiger partial charge in [0.25, 0.3) is 21.7 Å². The molecule has 43 heavy (non-hydrogen) atoms. The van der Waals surface area contributed by atoms with Gasteiger partial charge < -0.3 is 10.2 Å². The van der Waals surface area contributed by atoms with E-state index in [0.29, 0.717) is 11.3 Å². The Morgan fingerprint density at radius 1 is 1.07 bits per heavy atom. The summed E-state index contributed by atoms with van der Waals surface area (Å²) in [5, 5.41) is 14.2. The van der Waals surface area contributed by atoms with Gasteiger partial charge in [-0.25, -0.2) is 8.42 Å². The number of halogens is 1. The Morgan fingerprint density at radius 3 is 2.33 bits per heavy atom. The van der Waals surface area contributed by atoms with Crippen LogP contribution in [0.1, 0.15) is 35.7 Å². The molecular formula is C28H31ClN4O8S2. The van der Waals surface area contributed by atoms with E-state index in [2.05, 4.69) is 10.2 Å². The number of nitrogens with one attached hydrogen (secondary N) is 1. The summed E-state index contributed by atoms with van der Waals surface area (Å²) in [6.07, 6.45) is 3.03. The van der Waals surface area contributed by atoms with Crippen LogP contribution in [0, 0.1) is 10.1 Å². The van der Waals surface area contributed by atoms with Gasteiger partial charge in [-0.15, -0.1) is 0 Å². The summed E-state index contributed by atoms with van der Waals surface area (Å²) in [6.45, 7) is 2.53. The predicted octanol–water partition coefficient (Wildman–Crippen LogP) is 4.66. The second-order valence-electron chi connectivity index (χ2n) is 10.1. The normalized spacial score (nSPS) is 14.6. The number of amides is 1. The van der Waals surface area contributed by atoms with Crippen LogP contribution in [-0.2, 0) is 30.9 Å². The van der Waals surface area contributed by atoms with Crippen LogP contribution in [-0.4, -0.2) is 64.0 Å². The molecule has 4 rings (SSSR count). The van der Waals surface area contributed by atoms with E-state index in [-0.39, 0.29) is 27.7 Å². The molecule has 1 atom stereocenters. The van der Waals surface area contributed by atoms with Crippen molar-refractivity contribution in [2.75, 3.05) is 36.2 Å². The fourth-order valence-electron chi connectivity index (χ4n) is 4.66. The predicted molar refractivity (Wildman–Crippen MR) is 163 cm³/mol. The molecule has 1 unspecified atom stereocenters. The Balaban J connectivity index is 1.63. The van der Waals surface area contributed by atoms with Gasteiger partial charge in [0, 0.05) is 49.2 Å². The molecule has 1 fully saturated rings. The maximum atomic E-state index is 13.8. The lowest BCUT2D eigenvalue weighted by atomic mass is 10.1. The molecule has 0 aromatic heterocycles. The third-order valence-electron chi connectivity index (χ3n) is 6.93. The highest BCUT2D eigenvalue weighted by Gasteiger charge is 2.31. The fraction of sp³-hybridized carbons (Fsp3) is 0.321. The number of rotatable bonds is 12. The third kappa shape index (κ3) is 8.09. The number of nitrogens with zero attached hydrogens (tertiary/aromatic N) is 3. The molecule has 12 nitrogen and oxygen atoms in total. The first kappa shape index (κ1) is 32.4. The Morgan fingerprint density at radius 2 is 1.72 bits per heavy atom. The first-order valence-corrected chi connectivity index (χ1v) is 16.9. The van der Waals surface area contributed by atoms with Gasteiger partial charge in [-0.1, -0.05) is 29.8 Å². The number of carbonyl (C=O) groups is 1. The fourth-order valence-corrected chi connectivity index (χ4v) is 6.96. The van der Waals surface area contributed by atoms with Crippen molar-refractivity contribution in [3.63, 3.8) is 0 Å². The number of anilines is 2. The van der Waals surface area contributed by atoms with E-state index in [4.69, 9.17) is 15.8 Å². The van der Waals surface area contributed by atoms with E-state index in [0.717, 1.165) is 66.4 Å². The van der Waals surface area contributed by atoms with E-state index in [1.165, 1.54) is 6.92 Å². The van der Waals surface area contributed by atoms with E-state index < -0.39 is 43.6 Å². The molecule has 3 aromatic carbocycles.